The number of rotatable bonds is 5. The smallest absolute Gasteiger partial charge is 0.241 e. The standard InChI is InChI=1S/C13H14F2N2O2S2/c1-8-13(5-10(6-16)20-8)21(18,19)17-7-9-2-3-11(14)12(15)4-9/h2-5,17H,6-7,16H2,1H3. The second kappa shape index (κ2) is 6.18. The summed E-state index contributed by atoms with van der Waals surface area (Å²) in [5.41, 5.74) is 5.83. The van der Waals surface area contributed by atoms with Crippen molar-refractivity contribution in [2.45, 2.75) is 24.9 Å². The molecule has 3 N–H and O–H groups in total. The van der Waals surface area contributed by atoms with Crippen molar-refractivity contribution in [3.63, 3.8) is 0 Å². The molecule has 2 aromatic rings. The van der Waals surface area contributed by atoms with Crippen molar-refractivity contribution in [2.24, 2.45) is 5.73 Å². The van der Waals surface area contributed by atoms with Gasteiger partial charge in [0.2, 0.25) is 10.0 Å². The van der Waals surface area contributed by atoms with Gasteiger partial charge in [0.1, 0.15) is 0 Å². The van der Waals surface area contributed by atoms with Crippen LogP contribution in [0.5, 0.6) is 0 Å². The first-order valence-electron chi connectivity index (χ1n) is 6.06. The van der Waals surface area contributed by atoms with Crippen LogP contribution in [0, 0.1) is 18.6 Å². The Kier molecular flexibility index (Phi) is 4.72. The fraction of sp³-hybridized carbons (Fsp3) is 0.231. The highest BCUT2D eigenvalue weighted by Gasteiger charge is 2.19. The van der Waals surface area contributed by atoms with Crippen molar-refractivity contribution < 1.29 is 17.2 Å². The van der Waals surface area contributed by atoms with Gasteiger partial charge in [0.15, 0.2) is 11.6 Å². The molecular formula is C13H14F2N2O2S2. The summed E-state index contributed by atoms with van der Waals surface area (Å²) in [6, 6.07) is 4.77. The van der Waals surface area contributed by atoms with Gasteiger partial charge >= 0.3 is 0 Å². The van der Waals surface area contributed by atoms with Gasteiger partial charge in [-0.1, -0.05) is 6.07 Å². The number of thiophene rings is 1. The lowest BCUT2D eigenvalue weighted by Crippen LogP contribution is -2.23. The van der Waals surface area contributed by atoms with Gasteiger partial charge in [0, 0.05) is 22.8 Å². The summed E-state index contributed by atoms with van der Waals surface area (Å²) in [5, 5.41) is 0. The number of benzene rings is 1. The molecule has 1 heterocycles. The van der Waals surface area contributed by atoms with Crippen molar-refractivity contribution in [1.82, 2.24) is 4.72 Å². The van der Waals surface area contributed by atoms with Crippen molar-refractivity contribution in [3.05, 3.63) is 51.2 Å². The van der Waals surface area contributed by atoms with Gasteiger partial charge in [-0.15, -0.1) is 11.3 Å². The second-order valence-corrected chi connectivity index (χ2v) is 7.49. The average Bonchev–Trinajstić information content (AvgIpc) is 2.82. The average molecular weight is 332 g/mol. The fourth-order valence-electron chi connectivity index (χ4n) is 1.80. The minimum Gasteiger partial charge on any atom is -0.326 e. The molecule has 0 saturated carbocycles. The summed E-state index contributed by atoms with van der Waals surface area (Å²) in [6.45, 7) is 1.84. The van der Waals surface area contributed by atoms with Crippen molar-refractivity contribution >= 4 is 21.4 Å². The van der Waals surface area contributed by atoms with E-state index in [-0.39, 0.29) is 18.0 Å². The Labute approximate surface area is 125 Å². The maximum Gasteiger partial charge on any atom is 0.241 e. The largest absolute Gasteiger partial charge is 0.326 e. The summed E-state index contributed by atoms with van der Waals surface area (Å²) < 4.78 is 52.6. The van der Waals surface area contributed by atoms with Crippen LogP contribution < -0.4 is 10.5 Å². The van der Waals surface area contributed by atoms with E-state index >= 15 is 0 Å². The van der Waals surface area contributed by atoms with Crippen LogP contribution in [0.15, 0.2) is 29.2 Å². The zero-order chi connectivity index (χ0) is 15.6. The van der Waals surface area contributed by atoms with Crippen LogP contribution in [0.2, 0.25) is 0 Å². The Morgan fingerprint density at radius 2 is 1.95 bits per heavy atom. The van der Waals surface area contributed by atoms with E-state index in [0.29, 0.717) is 10.4 Å². The Morgan fingerprint density at radius 3 is 2.52 bits per heavy atom. The number of nitrogens with one attached hydrogen (secondary N) is 1. The molecule has 0 aliphatic carbocycles. The van der Waals surface area contributed by atoms with Gasteiger partial charge in [-0.05, 0) is 30.7 Å². The minimum absolute atomic E-state index is 0.118. The summed E-state index contributed by atoms with van der Waals surface area (Å²) in [5.74, 6) is -1.98. The molecule has 4 nitrogen and oxygen atoms in total. The highest BCUT2D eigenvalue weighted by atomic mass is 32.2. The molecule has 0 aliphatic heterocycles. The number of aryl methyl sites for hydroxylation is 1. The Morgan fingerprint density at radius 1 is 1.24 bits per heavy atom. The molecule has 0 radical (unpaired) electrons. The predicted octanol–water partition coefficient (Wildman–Crippen LogP) is 2.27. The molecular weight excluding hydrogens is 318 g/mol. The Bertz CT molecular complexity index is 758. The Balaban J connectivity index is 2.17. The Hall–Kier alpha value is -1.35. The molecule has 0 spiro atoms. The van der Waals surface area contributed by atoms with Gasteiger partial charge in [-0.2, -0.15) is 0 Å². The van der Waals surface area contributed by atoms with E-state index in [1.807, 2.05) is 0 Å². The number of hydrogen-bond acceptors (Lipinski definition) is 4. The third kappa shape index (κ3) is 3.65. The molecule has 114 valence electrons. The maximum atomic E-state index is 13.1. The zero-order valence-electron chi connectivity index (χ0n) is 11.2. The summed E-state index contributed by atoms with van der Waals surface area (Å²) >= 11 is 1.31. The van der Waals surface area contributed by atoms with E-state index in [4.69, 9.17) is 5.73 Å². The highest BCUT2D eigenvalue weighted by Crippen LogP contribution is 2.25. The molecule has 1 aromatic heterocycles. The van der Waals surface area contributed by atoms with Crippen LogP contribution in [0.3, 0.4) is 0 Å². The number of halogens is 2. The number of hydrogen-bond donors (Lipinski definition) is 2. The van der Waals surface area contributed by atoms with E-state index < -0.39 is 21.7 Å². The fourth-order valence-corrected chi connectivity index (χ4v) is 4.33. The lowest BCUT2D eigenvalue weighted by atomic mass is 10.2. The predicted molar refractivity (Wildman–Crippen MR) is 77.3 cm³/mol. The molecule has 0 saturated heterocycles. The molecule has 0 fully saturated rings. The van der Waals surface area contributed by atoms with Crippen LogP contribution >= 0.6 is 11.3 Å². The second-order valence-electron chi connectivity index (χ2n) is 4.41. The first-order chi connectivity index (χ1) is 9.83. The van der Waals surface area contributed by atoms with Crippen LogP contribution in [0.1, 0.15) is 15.3 Å². The van der Waals surface area contributed by atoms with Gasteiger partial charge in [0.25, 0.3) is 0 Å². The summed E-state index contributed by atoms with van der Waals surface area (Å²) in [6.07, 6.45) is 0. The molecule has 1 aromatic carbocycles. The molecule has 0 bridgehead atoms. The van der Waals surface area contributed by atoms with E-state index in [9.17, 15) is 17.2 Å². The third-order valence-corrected chi connectivity index (χ3v) is 5.59. The van der Waals surface area contributed by atoms with Crippen LogP contribution in [0.25, 0.3) is 0 Å². The van der Waals surface area contributed by atoms with Gasteiger partial charge in [-0.25, -0.2) is 21.9 Å². The van der Waals surface area contributed by atoms with Gasteiger partial charge in [0.05, 0.1) is 4.90 Å². The lowest BCUT2D eigenvalue weighted by molar-refractivity contribution is 0.506. The van der Waals surface area contributed by atoms with E-state index in [1.165, 1.54) is 23.5 Å². The third-order valence-electron chi connectivity index (χ3n) is 2.86. The monoisotopic (exact) mass is 332 g/mol. The zero-order valence-corrected chi connectivity index (χ0v) is 12.8. The molecule has 21 heavy (non-hydrogen) atoms. The van der Waals surface area contributed by atoms with Gasteiger partial charge < -0.3 is 5.73 Å². The van der Waals surface area contributed by atoms with E-state index in [0.717, 1.165) is 17.0 Å². The molecule has 0 unspecified atom stereocenters. The quantitative estimate of drug-likeness (QED) is 0.882. The maximum absolute atomic E-state index is 13.1. The summed E-state index contributed by atoms with van der Waals surface area (Å²) in [4.78, 5) is 1.56. The highest BCUT2D eigenvalue weighted by molar-refractivity contribution is 7.89. The summed E-state index contributed by atoms with van der Waals surface area (Å²) in [7, 11) is -3.71. The van der Waals surface area contributed by atoms with Crippen LogP contribution in [-0.2, 0) is 23.1 Å². The lowest BCUT2D eigenvalue weighted by Gasteiger charge is -2.06. The van der Waals surface area contributed by atoms with Crippen molar-refractivity contribution in [3.8, 4) is 0 Å². The first kappa shape index (κ1) is 16.0. The van der Waals surface area contributed by atoms with Crippen LogP contribution in [0.4, 0.5) is 8.78 Å². The first-order valence-corrected chi connectivity index (χ1v) is 8.36. The molecule has 8 heteroatoms. The SMILES string of the molecule is Cc1sc(CN)cc1S(=O)(=O)NCc1ccc(F)c(F)c1. The molecule has 0 aliphatic rings. The number of sulfonamides is 1. The topological polar surface area (TPSA) is 72.2 Å². The minimum atomic E-state index is -3.71. The van der Waals surface area contributed by atoms with Crippen molar-refractivity contribution in [1.29, 1.82) is 0 Å². The van der Waals surface area contributed by atoms with E-state index in [2.05, 4.69) is 4.72 Å². The molecule has 0 amide bonds. The molecule has 0 atom stereocenters. The normalized spacial score (nSPS) is 11.8. The molecule has 2 rings (SSSR count). The number of nitrogens with two attached hydrogens (primary N) is 1. The van der Waals surface area contributed by atoms with Gasteiger partial charge in [-0.3, -0.25) is 0 Å². The van der Waals surface area contributed by atoms with Crippen LogP contribution in [-0.4, -0.2) is 8.42 Å². The van der Waals surface area contributed by atoms with Crippen molar-refractivity contribution in [2.75, 3.05) is 0 Å². The van der Waals surface area contributed by atoms with E-state index in [1.54, 1.807) is 6.92 Å².